The van der Waals surface area contributed by atoms with Crippen molar-refractivity contribution < 1.29 is 13.2 Å². The van der Waals surface area contributed by atoms with Gasteiger partial charge in [0.1, 0.15) is 5.82 Å². The van der Waals surface area contributed by atoms with Crippen molar-refractivity contribution in [1.29, 1.82) is 0 Å². The van der Waals surface area contributed by atoms with E-state index >= 15 is 0 Å². The van der Waals surface area contributed by atoms with Crippen LogP contribution >= 0.6 is 0 Å². The maximum Gasteiger partial charge on any atom is 0.416 e. The molecule has 30 heavy (non-hydrogen) atoms. The van der Waals surface area contributed by atoms with Crippen LogP contribution in [0.15, 0.2) is 48.8 Å². The Kier molecular flexibility index (Phi) is 5.42. The summed E-state index contributed by atoms with van der Waals surface area (Å²) in [5.74, 6) is 1.41. The predicted molar refractivity (Wildman–Crippen MR) is 109 cm³/mol. The van der Waals surface area contributed by atoms with Gasteiger partial charge in [0.15, 0.2) is 5.82 Å². The lowest BCUT2D eigenvalue weighted by atomic mass is 10.1. The minimum Gasteiger partial charge on any atom is -0.362 e. The Morgan fingerprint density at radius 2 is 1.83 bits per heavy atom. The van der Waals surface area contributed by atoms with E-state index in [1.54, 1.807) is 12.4 Å². The Balaban J connectivity index is 1.50. The van der Waals surface area contributed by atoms with E-state index in [9.17, 15) is 13.2 Å². The molecule has 1 aliphatic rings. The van der Waals surface area contributed by atoms with Gasteiger partial charge in [-0.15, -0.1) is 0 Å². The zero-order valence-electron chi connectivity index (χ0n) is 16.8. The number of hydrogen-bond acceptors (Lipinski definition) is 5. The SMILES string of the molecule is CN(C)c1ncccc1CN1CCc2nc(-c3ccc(C(F)(F)F)cc3)ncc2C1. The average Bonchev–Trinajstić information content (AvgIpc) is 2.73. The van der Waals surface area contributed by atoms with E-state index in [4.69, 9.17) is 0 Å². The van der Waals surface area contributed by atoms with Gasteiger partial charge in [0.25, 0.3) is 0 Å². The van der Waals surface area contributed by atoms with Crippen molar-refractivity contribution in [2.45, 2.75) is 25.7 Å². The summed E-state index contributed by atoms with van der Waals surface area (Å²) >= 11 is 0. The minimum atomic E-state index is -4.35. The number of nitrogens with zero attached hydrogens (tertiary/aromatic N) is 5. The summed E-state index contributed by atoms with van der Waals surface area (Å²) < 4.78 is 38.3. The second kappa shape index (κ2) is 8.02. The highest BCUT2D eigenvalue weighted by Crippen LogP contribution is 2.31. The standard InChI is InChI=1S/C22H22F3N5/c1-29(2)21-16(4-3-10-26-21)13-30-11-9-19-17(14-30)12-27-20(28-19)15-5-7-18(8-6-15)22(23,24)25/h3-8,10,12H,9,11,13-14H2,1-2H3. The third-order valence-corrected chi connectivity index (χ3v) is 5.17. The van der Waals surface area contributed by atoms with E-state index in [1.807, 2.05) is 25.1 Å². The number of fused-ring (bicyclic) bond motifs is 1. The number of hydrogen-bond donors (Lipinski definition) is 0. The molecule has 0 atom stereocenters. The third kappa shape index (κ3) is 4.28. The predicted octanol–water partition coefficient (Wildman–Crippen LogP) is 4.18. The Morgan fingerprint density at radius 3 is 2.53 bits per heavy atom. The number of halogens is 3. The fourth-order valence-corrected chi connectivity index (χ4v) is 3.65. The molecule has 0 unspecified atom stereocenters. The quantitative estimate of drug-likeness (QED) is 0.642. The average molecular weight is 413 g/mol. The second-order valence-electron chi connectivity index (χ2n) is 7.58. The highest BCUT2D eigenvalue weighted by atomic mass is 19.4. The van der Waals surface area contributed by atoms with Gasteiger partial charge in [-0.1, -0.05) is 18.2 Å². The van der Waals surface area contributed by atoms with Gasteiger partial charge in [-0.25, -0.2) is 15.0 Å². The number of benzene rings is 1. The molecule has 0 N–H and O–H groups in total. The van der Waals surface area contributed by atoms with Crippen molar-refractivity contribution in [2.75, 3.05) is 25.5 Å². The first kappa shape index (κ1) is 20.3. The summed E-state index contributed by atoms with van der Waals surface area (Å²) in [7, 11) is 3.96. The van der Waals surface area contributed by atoms with Gasteiger partial charge in [-0.2, -0.15) is 13.2 Å². The van der Waals surface area contributed by atoms with Crippen LogP contribution < -0.4 is 4.90 Å². The molecular weight excluding hydrogens is 391 g/mol. The minimum absolute atomic E-state index is 0.457. The first-order valence-electron chi connectivity index (χ1n) is 9.67. The molecule has 0 spiro atoms. The van der Waals surface area contributed by atoms with Crippen molar-refractivity contribution in [3.05, 3.63) is 71.2 Å². The summed E-state index contributed by atoms with van der Waals surface area (Å²) in [6, 6.07) is 9.00. The number of alkyl halides is 3. The lowest BCUT2D eigenvalue weighted by Crippen LogP contribution is -2.31. The van der Waals surface area contributed by atoms with Gasteiger partial charge >= 0.3 is 6.18 Å². The molecule has 0 radical (unpaired) electrons. The van der Waals surface area contributed by atoms with E-state index in [0.29, 0.717) is 11.4 Å². The molecule has 2 aromatic heterocycles. The third-order valence-electron chi connectivity index (χ3n) is 5.17. The van der Waals surface area contributed by atoms with E-state index < -0.39 is 11.7 Å². The molecule has 3 aromatic rings. The number of aromatic nitrogens is 3. The van der Waals surface area contributed by atoms with Gasteiger partial charge in [0.2, 0.25) is 0 Å². The topological polar surface area (TPSA) is 45.2 Å². The fraction of sp³-hybridized carbons (Fsp3) is 0.318. The van der Waals surface area contributed by atoms with E-state index in [-0.39, 0.29) is 0 Å². The molecule has 3 heterocycles. The highest BCUT2D eigenvalue weighted by Gasteiger charge is 2.30. The largest absolute Gasteiger partial charge is 0.416 e. The number of anilines is 1. The molecule has 0 saturated carbocycles. The fourth-order valence-electron chi connectivity index (χ4n) is 3.65. The van der Waals surface area contributed by atoms with E-state index in [0.717, 1.165) is 60.8 Å². The Bertz CT molecular complexity index is 1030. The lowest BCUT2D eigenvalue weighted by molar-refractivity contribution is -0.137. The van der Waals surface area contributed by atoms with E-state index in [1.165, 1.54) is 12.1 Å². The monoisotopic (exact) mass is 413 g/mol. The Labute approximate surface area is 173 Å². The van der Waals surface area contributed by atoms with Gasteiger partial charge in [-0.3, -0.25) is 4.90 Å². The van der Waals surface area contributed by atoms with Gasteiger partial charge in [0.05, 0.1) is 11.3 Å². The molecule has 0 amide bonds. The van der Waals surface area contributed by atoms with Crippen LogP contribution in [0.2, 0.25) is 0 Å². The molecule has 0 fully saturated rings. The van der Waals surface area contributed by atoms with Crippen LogP contribution in [-0.2, 0) is 25.7 Å². The molecule has 1 aliphatic heterocycles. The first-order valence-corrected chi connectivity index (χ1v) is 9.67. The summed E-state index contributed by atoms with van der Waals surface area (Å²) in [6.45, 7) is 2.35. The van der Waals surface area contributed by atoms with Gasteiger partial charge in [0, 0.05) is 69.2 Å². The molecule has 0 bridgehead atoms. The summed E-state index contributed by atoms with van der Waals surface area (Å²) in [6.07, 6.45) is 0.00101. The number of pyridine rings is 1. The van der Waals surface area contributed by atoms with Crippen LogP contribution in [0.5, 0.6) is 0 Å². The summed E-state index contributed by atoms with van der Waals surface area (Å²) in [4.78, 5) is 17.8. The summed E-state index contributed by atoms with van der Waals surface area (Å²) in [5.41, 5.74) is 3.07. The molecule has 0 saturated heterocycles. The Morgan fingerprint density at radius 1 is 1.07 bits per heavy atom. The molecule has 1 aromatic carbocycles. The van der Waals surface area contributed by atoms with Crippen molar-refractivity contribution in [3.63, 3.8) is 0 Å². The van der Waals surface area contributed by atoms with Gasteiger partial charge in [-0.05, 0) is 18.2 Å². The highest BCUT2D eigenvalue weighted by molar-refractivity contribution is 5.56. The van der Waals surface area contributed by atoms with Crippen LogP contribution in [0.25, 0.3) is 11.4 Å². The smallest absolute Gasteiger partial charge is 0.362 e. The van der Waals surface area contributed by atoms with Gasteiger partial charge < -0.3 is 4.90 Å². The zero-order valence-corrected chi connectivity index (χ0v) is 16.8. The Hall–Kier alpha value is -3.00. The molecule has 5 nitrogen and oxygen atoms in total. The van der Waals surface area contributed by atoms with Crippen LogP contribution in [0, 0.1) is 0 Å². The summed E-state index contributed by atoms with van der Waals surface area (Å²) in [5, 5.41) is 0. The lowest BCUT2D eigenvalue weighted by Gasteiger charge is -2.29. The molecule has 156 valence electrons. The number of rotatable bonds is 4. The van der Waals surface area contributed by atoms with Crippen molar-refractivity contribution in [3.8, 4) is 11.4 Å². The second-order valence-corrected chi connectivity index (χ2v) is 7.58. The molecular formula is C22H22F3N5. The molecule has 0 aliphatic carbocycles. The molecule has 8 heteroatoms. The van der Waals surface area contributed by atoms with Crippen LogP contribution in [0.4, 0.5) is 19.0 Å². The van der Waals surface area contributed by atoms with Crippen molar-refractivity contribution in [2.24, 2.45) is 0 Å². The van der Waals surface area contributed by atoms with E-state index in [2.05, 4.69) is 25.9 Å². The molecule has 4 rings (SSSR count). The van der Waals surface area contributed by atoms with Crippen molar-refractivity contribution in [1.82, 2.24) is 19.9 Å². The van der Waals surface area contributed by atoms with Crippen LogP contribution in [0.1, 0.15) is 22.4 Å². The van der Waals surface area contributed by atoms with Crippen molar-refractivity contribution >= 4 is 5.82 Å². The normalized spacial score (nSPS) is 14.4. The zero-order chi connectivity index (χ0) is 21.3. The van der Waals surface area contributed by atoms with Crippen LogP contribution in [0.3, 0.4) is 0 Å². The first-order chi connectivity index (χ1) is 14.3. The maximum atomic E-state index is 12.8. The van der Waals surface area contributed by atoms with Crippen LogP contribution in [-0.4, -0.2) is 40.5 Å². The maximum absolute atomic E-state index is 12.8.